The highest BCUT2D eigenvalue weighted by Gasteiger charge is 2.24. The van der Waals surface area contributed by atoms with E-state index in [0.717, 1.165) is 4.70 Å². The standard InChI is InChI=1S/C24H17N3O6S/c1-33-18-9-4-15(5-10-18)23(28)19(12-14-2-7-17(8-3-14)27(31)32)22(24(29)30)16-6-11-21-20(13-16)25-26-34-21/h2-11,13H,12H2,1H3,(H,29,30). The van der Waals surface area contributed by atoms with Gasteiger partial charge in [-0.1, -0.05) is 22.7 Å². The van der Waals surface area contributed by atoms with Crippen LogP contribution in [0.25, 0.3) is 15.8 Å². The topological polar surface area (TPSA) is 133 Å². The summed E-state index contributed by atoms with van der Waals surface area (Å²) < 4.78 is 9.80. The molecule has 3 aromatic carbocycles. The molecule has 0 amide bonds. The van der Waals surface area contributed by atoms with E-state index in [-0.39, 0.29) is 28.8 Å². The van der Waals surface area contributed by atoms with Crippen LogP contribution in [0.2, 0.25) is 0 Å². The van der Waals surface area contributed by atoms with Crippen molar-refractivity contribution in [3.8, 4) is 5.75 Å². The summed E-state index contributed by atoms with van der Waals surface area (Å²) in [6.45, 7) is 0. The minimum Gasteiger partial charge on any atom is -0.497 e. The van der Waals surface area contributed by atoms with Crippen LogP contribution in [0.1, 0.15) is 21.5 Å². The Labute approximate surface area is 197 Å². The second-order valence-electron chi connectivity index (χ2n) is 7.27. The van der Waals surface area contributed by atoms with Crippen LogP contribution in [0.4, 0.5) is 5.69 Å². The molecule has 9 nitrogen and oxygen atoms in total. The zero-order chi connectivity index (χ0) is 24.2. The van der Waals surface area contributed by atoms with Crippen molar-refractivity contribution in [3.63, 3.8) is 0 Å². The van der Waals surface area contributed by atoms with Crippen LogP contribution in [0, 0.1) is 10.1 Å². The molecule has 0 spiro atoms. The number of carbonyl (C=O) groups is 2. The van der Waals surface area contributed by atoms with E-state index in [0.29, 0.717) is 22.4 Å². The molecule has 4 aromatic rings. The first-order valence-electron chi connectivity index (χ1n) is 9.98. The number of benzene rings is 3. The van der Waals surface area contributed by atoms with Crippen LogP contribution >= 0.6 is 11.5 Å². The maximum Gasteiger partial charge on any atom is 0.336 e. The number of hydrogen-bond donors (Lipinski definition) is 1. The SMILES string of the molecule is COc1ccc(C(=O)C(Cc2ccc([N+](=O)[O-])cc2)=C(C(=O)O)c2ccc3snnc3c2)cc1. The third-order valence-electron chi connectivity index (χ3n) is 5.21. The van der Waals surface area contributed by atoms with Crippen molar-refractivity contribution in [1.29, 1.82) is 0 Å². The Morgan fingerprint density at radius 2 is 1.71 bits per heavy atom. The highest BCUT2D eigenvalue weighted by molar-refractivity contribution is 7.12. The summed E-state index contributed by atoms with van der Waals surface area (Å²) in [4.78, 5) is 36.5. The number of methoxy groups -OCH3 is 1. The van der Waals surface area contributed by atoms with E-state index < -0.39 is 16.7 Å². The number of hydrogen-bond acceptors (Lipinski definition) is 8. The van der Waals surface area contributed by atoms with Crippen molar-refractivity contribution >= 4 is 44.8 Å². The fourth-order valence-electron chi connectivity index (χ4n) is 3.50. The van der Waals surface area contributed by atoms with Gasteiger partial charge in [0.25, 0.3) is 5.69 Å². The number of carboxylic acids is 1. The molecule has 10 heteroatoms. The number of ketones is 1. The van der Waals surface area contributed by atoms with Gasteiger partial charge in [-0.05, 0) is 59.1 Å². The zero-order valence-electron chi connectivity index (χ0n) is 17.8. The lowest BCUT2D eigenvalue weighted by Gasteiger charge is -2.13. The summed E-state index contributed by atoms with van der Waals surface area (Å²) in [5.41, 5.74) is 1.43. The number of allylic oxidation sites excluding steroid dienone is 1. The Bertz CT molecular complexity index is 1430. The van der Waals surface area contributed by atoms with Crippen molar-refractivity contribution in [3.05, 3.63) is 99.1 Å². The minimum atomic E-state index is -1.28. The molecule has 0 radical (unpaired) electrons. The van der Waals surface area contributed by atoms with Crippen LogP contribution in [-0.2, 0) is 11.2 Å². The molecule has 0 bridgehead atoms. The summed E-state index contributed by atoms with van der Waals surface area (Å²) in [7, 11) is 1.50. The Morgan fingerprint density at radius 3 is 2.32 bits per heavy atom. The van der Waals surface area contributed by atoms with E-state index in [1.165, 1.54) is 42.9 Å². The van der Waals surface area contributed by atoms with Gasteiger partial charge in [-0.15, -0.1) is 5.10 Å². The molecule has 0 saturated heterocycles. The molecule has 34 heavy (non-hydrogen) atoms. The lowest BCUT2D eigenvalue weighted by atomic mass is 9.89. The van der Waals surface area contributed by atoms with Gasteiger partial charge in [0, 0.05) is 29.7 Å². The number of aromatic nitrogens is 2. The maximum atomic E-state index is 13.6. The van der Waals surface area contributed by atoms with Gasteiger partial charge in [0.2, 0.25) is 0 Å². The highest BCUT2D eigenvalue weighted by Crippen LogP contribution is 2.29. The number of carbonyl (C=O) groups excluding carboxylic acids is 1. The first-order valence-corrected chi connectivity index (χ1v) is 10.8. The van der Waals surface area contributed by atoms with E-state index in [1.807, 2.05) is 0 Å². The van der Waals surface area contributed by atoms with Crippen molar-refractivity contribution in [1.82, 2.24) is 9.59 Å². The molecule has 0 fully saturated rings. The van der Waals surface area contributed by atoms with E-state index >= 15 is 0 Å². The van der Waals surface area contributed by atoms with Crippen molar-refractivity contribution in [2.45, 2.75) is 6.42 Å². The molecule has 1 heterocycles. The van der Waals surface area contributed by atoms with E-state index in [9.17, 15) is 24.8 Å². The minimum absolute atomic E-state index is 0.0362. The smallest absolute Gasteiger partial charge is 0.336 e. The van der Waals surface area contributed by atoms with Crippen molar-refractivity contribution < 1.29 is 24.4 Å². The molecule has 0 aliphatic rings. The number of nitro groups is 1. The number of Topliss-reactive ketones (excluding diaryl/α,β-unsaturated/α-hetero) is 1. The molecule has 1 N–H and O–H groups in total. The molecule has 0 unspecified atom stereocenters. The third kappa shape index (κ3) is 4.66. The van der Waals surface area contributed by atoms with Gasteiger partial charge in [-0.3, -0.25) is 14.9 Å². The van der Waals surface area contributed by atoms with E-state index in [2.05, 4.69) is 9.59 Å². The van der Waals surface area contributed by atoms with Crippen LogP contribution < -0.4 is 4.74 Å². The normalized spacial score (nSPS) is 11.7. The lowest BCUT2D eigenvalue weighted by Crippen LogP contribution is -2.14. The Kier molecular flexibility index (Phi) is 6.42. The third-order valence-corrected chi connectivity index (χ3v) is 5.91. The van der Waals surface area contributed by atoms with Crippen LogP contribution in [0.3, 0.4) is 0 Å². The Hall–Kier alpha value is -4.44. The largest absolute Gasteiger partial charge is 0.497 e. The molecule has 0 saturated carbocycles. The molecular formula is C24H17N3O6S. The molecule has 0 atom stereocenters. The van der Waals surface area contributed by atoms with Crippen molar-refractivity contribution in [2.24, 2.45) is 0 Å². The quantitative estimate of drug-likeness (QED) is 0.170. The summed E-state index contributed by atoms with van der Waals surface area (Å²) in [5, 5.41) is 25.1. The molecule has 4 rings (SSSR count). The van der Waals surface area contributed by atoms with Gasteiger partial charge in [0.05, 0.1) is 22.3 Å². The summed E-state index contributed by atoms with van der Waals surface area (Å²) in [5.74, 6) is -1.20. The predicted octanol–water partition coefficient (Wildman–Crippen LogP) is 4.57. The molecule has 170 valence electrons. The van der Waals surface area contributed by atoms with Gasteiger partial charge in [-0.25, -0.2) is 4.79 Å². The second-order valence-corrected chi connectivity index (χ2v) is 8.06. The summed E-state index contributed by atoms with van der Waals surface area (Å²) in [6, 6.07) is 16.9. The number of non-ortho nitro benzene ring substituents is 1. The highest BCUT2D eigenvalue weighted by atomic mass is 32.1. The number of fused-ring (bicyclic) bond motifs is 1. The summed E-state index contributed by atoms with van der Waals surface area (Å²) >= 11 is 1.18. The van der Waals surface area contributed by atoms with Crippen molar-refractivity contribution in [2.75, 3.05) is 7.11 Å². The average Bonchev–Trinajstić information content (AvgIpc) is 3.31. The van der Waals surface area contributed by atoms with E-state index in [1.54, 1.807) is 42.5 Å². The van der Waals surface area contributed by atoms with Gasteiger partial charge < -0.3 is 9.84 Å². The predicted molar refractivity (Wildman–Crippen MR) is 126 cm³/mol. The molecule has 1 aromatic heterocycles. The maximum absolute atomic E-state index is 13.6. The number of ether oxygens (including phenoxy) is 1. The molecule has 0 aliphatic heterocycles. The summed E-state index contributed by atoms with van der Waals surface area (Å²) in [6.07, 6.45) is -0.0438. The Balaban J connectivity index is 1.87. The molecule has 0 aliphatic carbocycles. The number of nitro benzene ring substituents is 1. The van der Waals surface area contributed by atoms with Crippen LogP contribution in [0.15, 0.2) is 72.3 Å². The molecular weight excluding hydrogens is 458 g/mol. The number of nitrogens with zero attached hydrogens (tertiary/aromatic N) is 3. The number of aliphatic carboxylic acids is 1. The second kappa shape index (κ2) is 9.59. The first kappa shape index (κ1) is 22.7. The average molecular weight is 475 g/mol. The van der Waals surface area contributed by atoms with Crippen LogP contribution in [0.5, 0.6) is 5.75 Å². The lowest BCUT2D eigenvalue weighted by molar-refractivity contribution is -0.384. The van der Waals surface area contributed by atoms with Gasteiger partial charge in [0.1, 0.15) is 11.3 Å². The van der Waals surface area contributed by atoms with Gasteiger partial charge >= 0.3 is 5.97 Å². The zero-order valence-corrected chi connectivity index (χ0v) is 18.6. The monoisotopic (exact) mass is 475 g/mol. The first-order chi connectivity index (χ1) is 16.4. The fraction of sp³-hybridized carbons (Fsp3) is 0.0833. The van der Waals surface area contributed by atoms with Gasteiger partial charge in [-0.2, -0.15) is 0 Å². The number of carboxylic acid groups (broad SMARTS) is 1. The van der Waals surface area contributed by atoms with Crippen LogP contribution in [-0.4, -0.2) is 38.5 Å². The van der Waals surface area contributed by atoms with E-state index in [4.69, 9.17) is 4.74 Å². The Morgan fingerprint density at radius 1 is 1.03 bits per heavy atom. The fourth-order valence-corrected chi connectivity index (χ4v) is 4.04. The van der Waals surface area contributed by atoms with Gasteiger partial charge in [0.15, 0.2) is 5.78 Å². The number of rotatable bonds is 8.